The summed E-state index contributed by atoms with van der Waals surface area (Å²) < 4.78 is 1.14. The summed E-state index contributed by atoms with van der Waals surface area (Å²) in [5, 5.41) is 3.65. The lowest BCUT2D eigenvalue weighted by Gasteiger charge is -2.24. The summed E-state index contributed by atoms with van der Waals surface area (Å²) in [6.45, 7) is 11.8. The van der Waals surface area contributed by atoms with E-state index in [1.54, 1.807) is 0 Å². The third kappa shape index (κ3) is 3.75. The summed E-state index contributed by atoms with van der Waals surface area (Å²) in [7, 11) is 0. The molecule has 0 aromatic heterocycles. The summed E-state index contributed by atoms with van der Waals surface area (Å²) in [5.41, 5.74) is 8.05. The van der Waals surface area contributed by atoms with E-state index in [-0.39, 0.29) is 6.04 Å². The van der Waals surface area contributed by atoms with E-state index in [0.29, 0.717) is 0 Å². The molecule has 0 bridgehead atoms. The Morgan fingerprint density at radius 2 is 1.48 bits per heavy atom. The molecule has 112 valence electrons. The van der Waals surface area contributed by atoms with Gasteiger partial charge in [0.1, 0.15) is 0 Å². The maximum atomic E-state index is 3.65. The topological polar surface area (TPSA) is 12.0 Å². The van der Waals surface area contributed by atoms with Crippen molar-refractivity contribution in [3.63, 3.8) is 0 Å². The number of halogens is 1. The first-order chi connectivity index (χ1) is 9.92. The molecule has 2 rings (SSSR count). The molecule has 0 aliphatic rings. The van der Waals surface area contributed by atoms with Crippen LogP contribution in [0, 0.1) is 27.7 Å². The van der Waals surface area contributed by atoms with E-state index in [9.17, 15) is 0 Å². The van der Waals surface area contributed by atoms with Gasteiger partial charge >= 0.3 is 0 Å². The van der Waals surface area contributed by atoms with Crippen molar-refractivity contribution >= 4 is 15.9 Å². The van der Waals surface area contributed by atoms with E-state index < -0.39 is 0 Å². The number of aryl methyl sites for hydroxylation is 4. The Balaban J connectivity index is 2.58. The second-order valence-electron chi connectivity index (χ2n) is 5.86. The van der Waals surface area contributed by atoms with Gasteiger partial charge in [-0.3, -0.25) is 0 Å². The Morgan fingerprint density at radius 1 is 0.905 bits per heavy atom. The van der Waals surface area contributed by atoms with Gasteiger partial charge in [0.15, 0.2) is 0 Å². The van der Waals surface area contributed by atoms with Gasteiger partial charge in [-0.05, 0) is 74.2 Å². The van der Waals surface area contributed by atoms with Crippen LogP contribution in [-0.4, -0.2) is 6.54 Å². The Bertz CT molecular complexity index is 603. The van der Waals surface area contributed by atoms with Gasteiger partial charge in [0.2, 0.25) is 0 Å². The summed E-state index contributed by atoms with van der Waals surface area (Å²) in [5.74, 6) is 0. The molecule has 2 aromatic rings. The van der Waals surface area contributed by atoms with E-state index in [1.165, 1.54) is 33.4 Å². The first-order valence-electron chi connectivity index (χ1n) is 7.50. The van der Waals surface area contributed by atoms with Gasteiger partial charge in [-0.1, -0.05) is 46.6 Å². The number of nitrogens with one attached hydrogen (secondary N) is 1. The normalized spacial score (nSPS) is 12.5. The van der Waals surface area contributed by atoms with Crippen LogP contribution in [0.15, 0.2) is 34.8 Å². The van der Waals surface area contributed by atoms with Crippen LogP contribution < -0.4 is 5.32 Å². The van der Waals surface area contributed by atoms with Crippen molar-refractivity contribution in [3.05, 3.63) is 68.2 Å². The quantitative estimate of drug-likeness (QED) is 0.783. The monoisotopic (exact) mass is 345 g/mol. The molecular weight excluding hydrogens is 322 g/mol. The first kappa shape index (κ1) is 16.3. The van der Waals surface area contributed by atoms with Crippen molar-refractivity contribution in [2.24, 2.45) is 0 Å². The van der Waals surface area contributed by atoms with Gasteiger partial charge in [0, 0.05) is 4.47 Å². The zero-order valence-corrected chi connectivity index (χ0v) is 15.1. The van der Waals surface area contributed by atoms with Gasteiger partial charge < -0.3 is 5.32 Å². The summed E-state index contributed by atoms with van der Waals surface area (Å²) in [6, 6.07) is 11.4. The standard InChI is InChI=1S/C19H24BrN/c1-6-21-19(16-9-13(3)10-17(20)11-16)18-14(4)7-12(2)8-15(18)5/h7-11,19,21H,6H2,1-5H3. The number of rotatable bonds is 4. The molecular formula is C19H24BrN. The average molecular weight is 346 g/mol. The third-order valence-electron chi connectivity index (χ3n) is 3.83. The molecule has 1 unspecified atom stereocenters. The summed E-state index contributed by atoms with van der Waals surface area (Å²) >= 11 is 3.63. The highest BCUT2D eigenvalue weighted by molar-refractivity contribution is 9.10. The number of hydrogen-bond donors (Lipinski definition) is 1. The van der Waals surface area contributed by atoms with Crippen molar-refractivity contribution in [2.45, 2.75) is 40.7 Å². The van der Waals surface area contributed by atoms with Crippen LogP contribution in [0.5, 0.6) is 0 Å². The number of hydrogen-bond acceptors (Lipinski definition) is 1. The fraction of sp³-hybridized carbons (Fsp3) is 0.368. The molecule has 0 fully saturated rings. The molecule has 21 heavy (non-hydrogen) atoms. The minimum atomic E-state index is 0.242. The molecule has 0 saturated heterocycles. The molecule has 1 N–H and O–H groups in total. The lowest BCUT2D eigenvalue weighted by Crippen LogP contribution is -2.24. The highest BCUT2D eigenvalue weighted by Crippen LogP contribution is 2.31. The van der Waals surface area contributed by atoms with Crippen molar-refractivity contribution in [3.8, 4) is 0 Å². The van der Waals surface area contributed by atoms with Gasteiger partial charge in [0.25, 0.3) is 0 Å². The highest BCUT2D eigenvalue weighted by atomic mass is 79.9. The van der Waals surface area contributed by atoms with Crippen LogP contribution in [0.2, 0.25) is 0 Å². The minimum absolute atomic E-state index is 0.242. The second-order valence-corrected chi connectivity index (χ2v) is 6.78. The maximum Gasteiger partial charge on any atom is 0.0582 e. The molecule has 0 saturated carbocycles. The van der Waals surface area contributed by atoms with Crippen LogP contribution in [0.25, 0.3) is 0 Å². The van der Waals surface area contributed by atoms with Crippen LogP contribution in [-0.2, 0) is 0 Å². The molecule has 0 heterocycles. The molecule has 2 heteroatoms. The lowest BCUT2D eigenvalue weighted by molar-refractivity contribution is 0.624. The average Bonchev–Trinajstić information content (AvgIpc) is 2.35. The molecule has 0 spiro atoms. The zero-order valence-electron chi connectivity index (χ0n) is 13.5. The predicted octanol–water partition coefficient (Wildman–Crippen LogP) is 5.38. The van der Waals surface area contributed by atoms with E-state index in [4.69, 9.17) is 0 Å². The van der Waals surface area contributed by atoms with Crippen molar-refractivity contribution in [1.82, 2.24) is 5.32 Å². The Labute approximate surface area is 136 Å². The Kier molecular flexibility index (Phi) is 5.23. The Hall–Kier alpha value is -1.12. The fourth-order valence-electron chi connectivity index (χ4n) is 3.17. The Morgan fingerprint density at radius 3 is 2.00 bits per heavy atom. The smallest absolute Gasteiger partial charge is 0.0582 e. The maximum absolute atomic E-state index is 3.65. The van der Waals surface area contributed by atoms with Gasteiger partial charge in [-0.25, -0.2) is 0 Å². The van der Waals surface area contributed by atoms with Crippen LogP contribution >= 0.6 is 15.9 Å². The van der Waals surface area contributed by atoms with Crippen LogP contribution in [0.3, 0.4) is 0 Å². The molecule has 1 atom stereocenters. The molecule has 0 radical (unpaired) electrons. The van der Waals surface area contributed by atoms with Gasteiger partial charge in [-0.2, -0.15) is 0 Å². The van der Waals surface area contributed by atoms with Gasteiger partial charge in [0.05, 0.1) is 6.04 Å². The predicted molar refractivity (Wildman–Crippen MR) is 95.1 cm³/mol. The van der Waals surface area contributed by atoms with E-state index in [0.717, 1.165) is 11.0 Å². The van der Waals surface area contributed by atoms with Crippen LogP contribution in [0.4, 0.5) is 0 Å². The second kappa shape index (κ2) is 6.76. The van der Waals surface area contributed by atoms with Gasteiger partial charge in [-0.15, -0.1) is 0 Å². The summed E-state index contributed by atoms with van der Waals surface area (Å²) in [6.07, 6.45) is 0. The molecule has 0 amide bonds. The largest absolute Gasteiger partial charge is 0.307 e. The van der Waals surface area contributed by atoms with Crippen molar-refractivity contribution < 1.29 is 0 Å². The zero-order chi connectivity index (χ0) is 15.6. The third-order valence-corrected chi connectivity index (χ3v) is 4.29. The van der Waals surface area contributed by atoms with E-state index >= 15 is 0 Å². The SMILES string of the molecule is CCNC(c1cc(C)cc(Br)c1)c1c(C)cc(C)cc1C. The molecule has 1 nitrogen and oxygen atoms in total. The lowest BCUT2D eigenvalue weighted by atomic mass is 9.89. The molecule has 2 aromatic carbocycles. The van der Waals surface area contributed by atoms with Crippen LogP contribution in [0.1, 0.15) is 46.3 Å². The highest BCUT2D eigenvalue weighted by Gasteiger charge is 2.18. The first-order valence-corrected chi connectivity index (χ1v) is 8.30. The van der Waals surface area contributed by atoms with Crippen molar-refractivity contribution in [2.75, 3.05) is 6.54 Å². The van der Waals surface area contributed by atoms with E-state index in [1.807, 2.05) is 0 Å². The number of benzene rings is 2. The molecule has 0 aliphatic heterocycles. The fourth-order valence-corrected chi connectivity index (χ4v) is 3.79. The molecule has 0 aliphatic carbocycles. The van der Waals surface area contributed by atoms with Crippen molar-refractivity contribution in [1.29, 1.82) is 0 Å². The minimum Gasteiger partial charge on any atom is -0.307 e. The summed E-state index contributed by atoms with van der Waals surface area (Å²) in [4.78, 5) is 0. The van der Waals surface area contributed by atoms with E-state index in [2.05, 4.69) is 86.2 Å².